The van der Waals surface area contributed by atoms with Gasteiger partial charge in [0.15, 0.2) is 0 Å². The Labute approximate surface area is 197 Å². The van der Waals surface area contributed by atoms with E-state index in [-0.39, 0.29) is 0 Å². The molecule has 0 saturated heterocycles. The Balaban J connectivity index is 4.18. The number of rotatable bonds is 24. The van der Waals surface area contributed by atoms with Crippen molar-refractivity contribution >= 4 is 8.80 Å². The highest BCUT2D eigenvalue weighted by Crippen LogP contribution is 2.21. The van der Waals surface area contributed by atoms with Gasteiger partial charge in [0.05, 0.1) is 27.2 Å². The molecule has 0 aromatic heterocycles. The zero-order chi connectivity index (χ0) is 23.3. The Morgan fingerprint density at radius 2 is 0.871 bits per heavy atom. The summed E-state index contributed by atoms with van der Waals surface area (Å²) in [5.74, 6) is 0. The third-order valence-electron chi connectivity index (χ3n) is 5.94. The summed E-state index contributed by atoms with van der Waals surface area (Å²) in [4.78, 5) is 0. The van der Waals surface area contributed by atoms with Crippen LogP contribution in [0.5, 0.6) is 0 Å². The van der Waals surface area contributed by atoms with E-state index < -0.39 is 8.80 Å². The Bertz CT molecular complexity index is 358. The zero-order valence-corrected chi connectivity index (χ0v) is 23.3. The van der Waals surface area contributed by atoms with Crippen LogP contribution in [0.25, 0.3) is 0 Å². The molecule has 0 aromatic carbocycles. The van der Waals surface area contributed by atoms with Crippen molar-refractivity contribution < 1.29 is 17.8 Å². The second kappa shape index (κ2) is 20.6. The summed E-state index contributed by atoms with van der Waals surface area (Å²) < 4.78 is 19.9. The smallest absolute Gasteiger partial charge is 0.373 e. The van der Waals surface area contributed by atoms with Gasteiger partial charge in [-0.15, -0.1) is 0 Å². The zero-order valence-electron chi connectivity index (χ0n) is 22.3. The number of quaternary nitrogens is 1. The molecule has 31 heavy (non-hydrogen) atoms. The minimum absolute atomic E-state index is 0.747. The van der Waals surface area contributed by atoms with Crippen molar-refractivity contribution in [1.82, 2.24) is 0 Å². The van der Waals surface area contributed by atoms with Gasteiger partial charge in [0.1, 0.15) is 0 Å². The van der Waals surface area contributed by atoms with Crippen molar-refractivity contribution in [3.05, 3.63) is 0 Å². The monoisotopic (exact) mass is 460 g/mol. The van der Waals surface area contributed by atoms with Gasteiger partial charge in [0, 0.05) is 32.3 Å². The predicted molar refractivity (Wildman–Crippen MR) is 138 cm³/mol. The summed E-state index contributed by atoms with van der Waals surface area (Å²) >= 11 is 0. The standard InChI is InChI=1S/C26H58NO3Si/c1-7-11-12-13-14-15-16-17-18-19-21-27(5,6)22-20-26-31(28-23-8-2,29-24-9-3)30-25-10-4/h7-26H2,1-6H3/q+1. The van der Waals surface area contributed by atoms with Crippen molar-refractivity contribution in [2.75, 3.05) is 47.0 Å². The molecule has 0 aromatic rings. The summed E-state index contributed by atoms with van der Waals surface area (Å²) in [7, 11) is 2.22. The number of unbranched alkanes of at least 4 members (excludes halogenated alkanes) is 9. The van der Waals surface area contributed by atoms with E-state index in [0.29, 0.717) is 0 Å². The highest BCUT2D eigenvalue weighted by Gasteiger charge is 2.41. The third kappa shape index (κ3) is 18.2. The first kappa shape index (κ1) is 31.1. The SMILES string of the molecule is CCCCCCCCCCCC[N+](C)(C)CCC[Si](OCCC)(OCCC)OCCC. The molecule has 188 valence electrons. The summed E-state index contributed by atoms with van der Waals surface area (Å²) in [5.41, 5.74) is 0. The number of hydrogen-bond acceptors (Lipinski definition) is 3. The fourth-order valence-electron chi connectivity index (χ4n) is 3.98. The molecule has 0 amide bonds. The van der Waals surface area contributed by atoms with Crippen LogP contribution < -0.4 is 0 Å². The quantitative estimate of drug-likeness (QED) is 0.0843. The van der Waals surface area contributed by atoms with Gasteiger partial charge in [0.2, 0.25) is 0 Å². The molecule has 0 heterocycles. The largest absolute Gasteiger partial charge is 0.501 e. The lowest BCUT2D eigenvalue weighted by Gasteiger charge is -2.33. The Kier molecular flexibility index (Phi) is 20.7. The molecular weight excluding hydrogens is 402 g/mol. The Hall–Kier alpha value is 0.0569. The van der Waals surface area contributed by atoms with Crippen LogP contribution in [0, 0.1) is 0 Å². The highest BCUT2D eigenvalue weighted by molar-refractivity contribution is 6.60. The fraction of sp³-hybridized carbons (Fsp3) is 1.00. The van der Waals surface area contributed by atoms with Crippen LogP contribution in [0.4, 0.5) is 0 Å². The van der Waals surface area contributed by atoms with Gasteiger partial charge in [-0.2, -0.15) is 0 Å². The molecular formula is C26H58NO3Si+. The van der Waals surface area contributed by atoms with E-state index in [1.54, 1.807) is 0 Å². The molecule has 0 bridgehead atoms. The maximum atomic E-state index is 6.25. The molecule has 0 N–H and O–H groups in total. The minimum Gasteiger partial charge on any atom is -0.373 e. The molecule has 0 radical (unpaired) electrons. The van der Waals surface area contributed by atoms with Crippen molar-refractivity contribution in [3.63, 3.8) is 0 Å². The van der Waals surface area contributed by atoms with Crippen LogP contribution in [0.2, 0.25) is 6.04 Å². The van der Waals surface area contributed by atoms with Gasteiger partial charge in [-0.05, 0) is 32.1 Å². The van der Waals surface area contributed by atoms with Crippen molar-refractivity contribution in [1.29, 1.82) is 0 Å². The van der Waals surface area contributed by atoms with Crippen LogP contribution in [0.1, 0.15) is 118 Å². The van der Waals surface area contributed by atoms with E-state index in [4.69, 9.17) is 13.3 Å². The van der Waals surface area contributed by atoms with Gasteiger partial charge in [-0.3, -0.25) is 0 Å². The minimum atomic E-state index is -2.53. The second-order valence-electron chi connectivity index (χ2n) is 9.90. The van der Waals surface area contributed by atoms with E-state index in [9.17, 15) is 0 Å². The first-order valence-corrected chi connectivity index (χ1v) is 15.6. The lowest BCUT2D eigenvalue weighted by Crippen LogP contribution is -2.48. The number of nitrogens with zero attached hydrogens (tertiary/aromatic N) is 1. The molecule has 4 nitrogen and oxygen atoms in total. The maximum absolute atomic E-state index is 6.25. The summed E-state index contributed by atoms with van der Waals surface area (Å²) in [6.07, 6.45) is 18.2. The lowest BCUT2D eigenvalue weighted by molar-refractivity contribution is -0.890. The van der Waals surface area contributed by atoms with Crippen molar-refractivity contribution in [3.8, 4) is 0 Å². The van der Waals surface area contributed by atoms with Crippen LogP contribution in [0.15, 0.2) is 0 Å². The molecule has 0 fully saturated rings. The van der Waals surface area contributed by atoms with Gasteiger partial charge in [-0.1, -0.05) is 79.1 Å². The fourth-order valence-corrected chi connectivity index (χ4v) is 6.80. The van der Waals surface area contributed by atoms with Crippen molar-refractivity contribution in [2.24, 2.45) is 0 Å². The first-order chi connectivity index (χ1) is 14.9. The molecule has 0 aliphatic rings. The van der Waals surface area contributed by atoms with Crippen molar-refractivity contribution in [2.45, 2.75) is 124 Å². The van der Waals surface area contributed by atoms with Gasteiger partial charge in [-0.25, -0.2) is 0 Å². The molecule has 0 aliphatic carbocycles. The molecule has 0 saturated carbocycles. The van der Waals surface area contributed by atoms with Crippen LogP contribution in [-0.4, -0.2) is 60.3 Å². The lowest BCUT2D eigenvalue weighted by atomic mass is 10.1. The average Bonchev–Trinajstić information content (AvgIpc) is 2.75. The molecule has 0 rings (SSSR count). The summed E-state index contributed by atoms with van der Waals surface area (Å²) in [6, 6.07) is 0.951. The van der Waals surface area contributed by atoms with E-state index in [2.05, 4.69) is 41.8 Å². The van der Waals surface area contributed by atoms with E-state index in [0.717, 1.165) is 56.0 Å². The highest BCUT2D eigenvalue weighted by atomic mass is 28.4. The van der Waals surface area contributed by atoms with Gasteiger partial charge < -0.3 is 17.8 Å². The number of hydrogen-bond donors (Lipinski definition) is 0. The predicted octanol–water partition coefficient (Wildman–Crippen LogP) is 7.59. The van der Waals surface area contributed by atoms with E-state index in [1.807, 2.05) is 0 Å². The average molecular weight is 461 g/mol. The van der Waals surface area contributed by atoms with Gasteiger partial charge in [0.25, 0.3) is 0 Å². The second-order valence-corrected chi connectivity index (χ2v) is 12.6. The van der Waals surface area contributed by atoms with E-state index in [1.165, 1.54) is 77.3 Å². The normalized spacial score (nSPS) is 12.6. The maximum Gasteiger partial charge on any atom is 0.501 e. The summed E-state index contributed by atoms with van der Waals surface area (Å²) in [6.45, 7) is 13.4. The Morgan fingerprint density at radius 3 is 1.29 bits per heavy atom. The molecule has 0 aliphatic heterocycles. The molecule has 0 atom stereocenters. The van der Waals surface area contributed by atoms with Crippen LogP contribution in [0.3, 0.4) is 0 Å². The topological polar surface area (TPSA) is 27.7 Å². The molecule has 0 unspecified atom stereocenters. The van der Waals surface area contributed by atoms with E-state index >= 15 is 0 Å². The Morgan fingerprint density at radius 1 is 0.484 bits per heavy atom. The third-order valence-corrected chi connectivity index (χ3v) is 8.84. The molecule has 5 heteroatoms. The van der Waals surface area contributed by atoms with Gasteiger partial charge >= 0.3 is 8.80 Å². The summed E-state index contributed by atoms with van der Waals surface area (Å²) in [5, 5.41) is 0. The molecule has 0 spiro atoms. The van der Waals surface area contributed by atoms with Crippen LogP contribution >= 0.6 is 0 Å². The van der Waals surface area contributed by atoms with Crippen LogP contribution in [-0.2, 0) is 13.3 Å². The first-order valence-electron chi connectivity index (χ1n) is 13.7.